The quantitative estimate of drug-likeness (QED) is 0.742. The predicted molar refractivity (Wildman–Crippen MR) is 58.1 cm³/mol. The molecule has 14 heavy (non-hydrogen) atoms. The standard InChI is InChI=1S/C12H17NO/c1-9(2)7-12(14)11-6-4-3-5-10(11)8-13/h3-6,9H,7-8,13H2,1-2H3. The summed E-state index contributed by atoms with van der Waals surface area (Å²) in [6.45, 7) is 4.52. The Morgan fingerprint density at radius 3 is 2.57 bits per heavy atom. The largest absolute Gasteiger partial charge is 0.326 e. The van der Waals surface area contributed by atoms with Crippen molar-refractivity contribution >= 4 is 5.78 Å². The fraction of sp³-hybridized carbons (Fsp3) is 0.417. The van der Waals surface area contributed by atoms with Gasteiger partial charge in [0.25, 0.3) is 0 Å². The predicted octanol–water partition coefficient (Wildman–Crippen LogP) is 2.37. The summed E-state index contributed by atoms with van der Waals surface area (Å²) in [7, 11) is 0. The summed E-state index contributed by atoms with van der Waals surface area (Å²) in [5.74, 6) is 0.592. The molecule has 0 spiro atoms. The summed E-state index contributed by atoms with van der Waals surface area (Å²) >= 11 is 0. The summed E-state index contributed by atoms with van der Waals surface area (Å²) < 4.78 is 0. The highest BCUT2D eigenvalue weighted by Crippen LogP contribution is 2.13. The molecule has 0 aromatic heterocycles. The lowest BCUT2D eigenvalue weighted by atomic mass is 9.97. The van der Waals surface area contributed by atoms with Crippen molar-refractivity contribution in [1.29, 1.82) is 0 Å². The molecule has 0 aliphatic carbocycles. The van der Waals surface area contributed by atoms with Crippen LogP contribution in [-0.2, 0) is 6.54 Å². The summed E-state index contributed by atoms with van der Waals surface area (Å²) in [4.78, 5) is 11.8. The normalized spacial score (nSPS) is 10.6. The topological polar surface area (TPSA) is 43.1 Å². The van der Waals surface area contributed by atoms with Gasteiger partial charge in [-0.2, -0.15) is 0 Å². The number of rotatable bonds is 4. The number of Topliss-reactive ketones (excluding diaryl/α,β-unsaturated/α-hetero) is 1. The van der Waals surface area contributed by atoms with Crippen molar-refractivity contribution in [2.45, 2.75) is 26.8 Å². The Kier molecular flexibility index (Phi) is 3.84. The van der Waals surface area contributed by atoms with Gasteiger partial charge in [-0.1, -0.05) is 38.1 Å². The van der Waals surface area contributed by atoms with Crippen LogP contribution in [-0.4, -0.2) is 5.78 Å². The van der Waals surface area contributed by atoms with Crippen LogP contribution in [0.3, 0.4) is 0 Å². The van der Waals surface area contributed by atoms with Crippen molar-refractivity contribution in [2.75, 3.05) is 0 Å². The molecule has 76 valence electrons. The molecule has 0 unspecified atom stereocenters. The van der Waals surface area contributed by atoms with Crippen LogP contribution in [0.2, 0.25) is 0 Å². The van der Waals surface area contributed by atoms with E-state index in [-0.39, 0.29) is 5.78 Å². The molecule has 0 atom stereocenters. The van der Waals surface area contributed by atoms with Crippen LogP contribution in [0, 0.1) is 5.92 Å². The minimum Gasteiger partial charge on any atom is -0.326 e. The van der Waals surface area contributed by atoms with E-state index in [0.29, 0.717) is 18.9 Å². The van der Waals surface area contributed by atoms with Gasteiger partial charge in [-0.25, -0.2) is 0 Å². The molecule has 0 radical (unpaired) electrons. The number of carbonyl (C=O) groups is 1. The molecule has 0 amide bonds. The molecule has 1 aromatic carbocycles. The Bertz CT molecular complexity index is 318. The van der Waals surface area contributed by atoms with Crippen LogP contribution in [0.1, 0.15) is 36.2 Å². The van der Waals surface area contributed by atoms with Gasteiger partial charge < -0.3 is 5.73 Å². The Morgan fingerprint density at radius 1 is 1.36 bits per heavy atom. The highest BCUT2D eigenvalue weighted by molar-refractivity contribution is 5.97. The SMILES string of the molecule is CC(C)CC(=O)c1ccccc1CN. The first-order chi connectivity index (χ1) is 6.65. The average molecular weight is 191 g/mol. The van der Waals surface area contributed by atoms with Gasteiger partial charge in [0, 0.05) is 18.5 Å². The second-order valence-electron chi connectivity index (χ2n) is 3.88. The highest BCUT2D eigenvalue weighted by atomic mass is 16.1. The lowest BCUT2D eigenvalue weighted by Gasteiger charge is -2.07. The van der Waals surface area contributed by atoms with Crippen LogP contribution in [0.5, 0.6) is 0 Å². The van der Waals surface area contributed by atoms with Crippen LogP contribution in [0.4, 0.5) is 0 Å². The van der Waals surface area contributed by atoms with E-state index in [0.717, 1.165) is 11.1 Å². The molecule has 0 bridgehead atoms. The zero-order valence-corrected chi connectivity index (χ0v) is 8.79. The number of ketones is 1. The van der Waals surface area contributed by atoms with Gasteiger partial charge in [-0.3, -0.25) is 4.79 Å². The Morgan fingerprint density at radius 2 is 2.00 bits per heavy atom. The van der Waals surface area contributed by atoms with Crippen LogP contribution < -0.4 is 5.73 Å². The average Bonchev–Trinajstić information content (AvgIpc) is 2.16. The molecule has 1 rings (SSSR count). The number of hydrogen-bond donors (Lipinski definition) is 1. The summed E-state index contributed by atoms with van der Waals surface area (Å²) in [6.07, 6.45) is 0.594. The van der Waals surface area contributed by atoms with Gasteiger partial charge in [0.15, 0.2) is 5.78 Å². The van der Waals surface area contributed by atoms with E-state index in [1.54, 1.807) is 0 Å². The van der Waals surface area contributed by atoms with E-state index < -0.39 is 0 Å². The monoisotopic (exact) mass is 191 g/mol. The lowest BCUT2D eigenvalue weighted by Crippen LogP contribution is -2.09. The van der Waals surface area contributed by atoms with Gasteiger partial charge in [0.2, 0.25) is 0 Å². The van der Waals surface area contributed by atoms with Crippen LogP contribution >= 0.6 is 0 Å². The van der Waals surface area contributed by atoms with E-state index in [1.165, 1.54) is 0 Å². The number of hydrogen-bond acceptors (Lipinski definition) is 2. The van der Waals surface area contributed by atoms with E-state index in [9.17, 15) is 4.79 Å². The van der Waals surface area contributed by atoms with Gasteiger partial charge in [-0.15, -0.1) is 0 Å². The zero-order valence-electron chi connectivity index (χ0n) is 8.79. The lowest BCUT2D eigenvalue weighted by molar-refractivity contribution is 0.0967. The number of carbonyl (C=O) groups excluding carboxylic acids is 1. The maximum atomic E-state index is 11.8. The Hall–Kier alpha value is -1.15. The van der Waals surface area contributed by atoms with E-state index in [1.807, 2.05) is 38.1 Å². The number of benzene rings is 1. The molecule has 2 nitrogen and oxygen atoms in total. The molecule has 0 aliphatic rings. The smallest absolute Gasteiger partial charge is 0.163 e. The minimum absolute atomic E-state index is 0.195. The maximum Gasteiger partial charge on any atom is 0.163 e. The van der Waals surface area contributed by atoms with Crippen molar-refractivity contribution in [3.05, 3.63) is 35.4 Å². The van der Waals surface area contributed by atoms with Crippen molar-refractivity contribution < 1.29 is 4.79 Å². The molecule has 0 fully saturated rings. The fourth-order valence-corrected chi connectivity index (χ4v) is 1.45. The second kappa shape index (κ2) is 4.91. The third-order valence-corrected chi connectivity index (χ3v) is 2.13. The van der Waals surface area contributed by atoms with E-state index >= 15 is 0 Å². The van der Waals surface area contributed by atoms with Gasteiger partial charge in [0.1, 0.15) is 0 Å². The van der Waals surface area contributed by atoms with Gasteiger partial charge >= 0.3 is 0 Å². The van der Waals surface area contributed by atoms with Crippen molar-refractivity contribution in [2.24, 2.45) is 11.7 Å². The van der Waals surface area contributed by atoms with Crippen LogP contribution in [0.25, 0.3) is 0 Å². The van der Waals surface area contributed by atoms with Crippen molar-refractivity contribution in [1.82, 2.24) is 0 Å². The fourth-order valence-electron chi connectivity index (χ4n) is 1.45. The third-order valence-electron chi connectivity index (χ3n) is 2.13. The van der Waals surface area contributed by atoms with Crippen molar-refractivity contribution in [3.8, 4) is 0 Å². The summed E-state index contributed by atoms with van der Waals surface area (Å²) in [5.41, 5.74) is 7.29. The highest BCUT2D eigenvalue weighted by Gasteiger charge is 2.10. The molecular formula is C12H17NO. The van der Waals surface area contributed by atoms with Crippen molar-refractivity contribution in [3.63, 3.8) is 0 Å². The summed E-state index contributed by atoms with van der Waals surface area (Å²) in [5, 5.41) is 0. The van der Waals surface area contributed by atoms with E-state index in [4.69, 9.17) is 5.73 Å². The summed E-state index contributed by atoms with van der Waals surface area (Å²) in [6, 6.07) is 7.56. The van der Waals surface area contributed by atoms with Gasteiger partial charge in [0.05, 0.1) is 0 Å². The minimum atomic E-state index is 0.195. The van der Waals surface area contributed by atoms with Gasteiger partial charge in [-0.05, 0) is 11.5 Å². The molecule has 1 aromatic rings. The molecule has 2 N–H and O–H groups in total. The van der Waals surface area contributed by atoms with E-state index in [2.05, 4.69) is 0 Å². The first kappa shape index (κ1) is 10.9. The third kappa shape index (κ3) is 2.67. The number of nitrogens with two attached hydrogens (primary N) is 1. The molecule has 0 saturated carbocycles. The molecule has 0 heterocycles. The molecule has 2 heteroatoms. The first-order valence-corrected chi connectivity index (χ1v) is 4.96. The molecular weight excluding hydrogens is 174 g/mol. The Balaban J connectivity index is 2.88. The second-order valence-corrected chi connectivity index (χ2v) is 3.88. The van der Waals surface area contributed by atoms with Crippen LogP contribution in [0.15, 0.2) is 24.3 Å². The Labute approximate surface area is 85.1 Å². The molecule has 0 aliphatic heterocycles. The molecule has 0 saturated heterocycles. The zero-order chi connectivity index (χ0) is 10.6. The maximum absolute atomic E-state index is 11.8. The first-order valence-electron chi connectivity index (χ1n) is 4.96.